The number of aromatic nitrogens is 1. The van der Waals surface area contributed by atoms with Crippen molar-refractivity contribution >= 4 is 52.1 Å². The predicted octanol–water partition coefficient (Wildman–Crippen LogP) is 4.22. The van der Waals surface area contributed by atoms with E-state index >= 15 is 0 Å². The summed E-state index contributed by atoms with van der Waals surface area (Å²) in [4.78, 5) is 68.8. The first-order chi connectivity index (χ1) is 21.8. The third-order valence-electron chi connectivity index (χ3n) is 7.43. The van der Waals surface area contributed by atoms with E-state index in [1.54, 1.807) is 65.6 Å². The van der Waals surface area contributed by atoms with Gasteiger partial charge in [-0.3, -0.25) is 14.4 Å². The Bertz CT molecular complexity index is 1460. The minimum absolute atomic E-state index is 0.0206. The molecule has 15 heteroatoms. The van der Waals surface area contributed by atoms with Crippen molar-refractivity contribution in [3.63, 3.8) is 0 Å². The van der Waals surface area contributed by atoms with Gasteiger partial charge in [-0.2, -0.15) is 0 Å². The molecule has 1 aromatic heterocycles. The molecular weight excluding hydrogens is 626 g/mol. The fourth-order valence-electron chi connectivity index (χ4n) is 4.96. The standard InChI is InChI=1S/C32H47N7O7S/c1-19(40)35-28-36-23(24(47-28)26(42)39-17-15-21(16-18-39)25(41)34-8)14-11-20-9-12-22(13-10-20)37-32(30(2,3)4,45-27(33)43)46-29(44)38-31(5,6)7/h9-10,12-13,21,37H,11,14-18H2,1-8H3,(H2,33,43)(H,34,41)(H,38,44)(H,35,36,40). The van der Waals surface area contributed by atoms with Crippen LogP contribution in [0.15, 0.2) is 24.3 Å². The average molecular weight is 674 g/mol. The van der Waals surface area contributed by atoms with Crippen LogP contribution in [0, 0.1) is 11.3 Å². The lowest BCUT2D eigenvalue weighted by Gasteiger charge is -2.42. The molecule has 1 aromatic carbocycles. The summed E-state index contributed by atoms with van der Waals surface area (Å²) in [5.74, 6) is -2.55. The van der Waals surface area contributed by atoms with Crippen LogP contribution in [0.1, 0.15) is 82.2 Å². The van der Waals surface area contributed by atoms with Crippen LogP contribution >= 0.6 is 11.3 Å². The van der Waals surface area contributed by atoms with Gasteiger partial charge in [-0.25, -0.2) is 14.6 Å². The molecule has 47 heavy (non-hydrogen) atoms. The van der Waals surface area contributed by atoms with Crippen LogP contribution in [0.2, 0.25) is 0 Å². The van der Waals surface area contributed by atoms with Crippen molar-refractivity contribution in [2.24, 2.45) is 17.1 Å². The number of carbonyl (C=O) groups is 5. The molecule has 3 rings (SSSR count). The summed E-state index contributed by atoms with van der Waals surface area (Å²) in [5, 5.41) is 11.4. The maximum Gasteiger partial charge on any atom is 0.412 e. The van der Waals surface area contributed by atoms with E-state index in [0.717, 1.165) is 16.9 Å². The molecule has 1 atom stereocenters. The van der Waals surface area contributed by atoms with Crippen molar-refractivity contribution in [2.45, 2.75) is 85.6 Å². The first-order valence-electron chi connectivity index (χ1n) is 15.5. The topological polar surface area (TPSA) is 194 Å². The Morgan fingerprint density at radius 1 is 0.979 bits per heavy atom. The monoisotopic (exact) mass is 673 g/mol. The number of hydrogen-bond donors (Lipinski definition) is 5. The van der Waals surface area contributed by atoms with Crippen molar-refractivity contribution in [2.75, 3.05) is 30.8 Å². The number of hydrogen-bond acceptors (Lipinski definition) is 10. The SMILES string of the molecule is CNC(=O)C1CCN(C(=O)c2sc(NC(C)=O)nc2CCc2ccc(NC(OC(N)=O)(OC(=O)NC(C)(C)C)C(C)(C)C)cc2)CC1. The van der Waals surface area contributed by atoms with Gasteiger partial charge in [0.2, 0.25) is 11.8 Å². The summed E-state index contributed by atoms with van der Waals surface area (Å²) in [6.07, 6.45) is 0.162. The molecule has 258 valence electrons. The molecule has 2 heterocycles. The normalized spacial score (nSPS) is 15.2. The largest absolute Gasteiger partial charge is 0.412 e. The van der Waals surface area contributed by atoms with E-state index in [1.807, 2.05) is 12.1 Å². The van der Waals surface area contributed by atoms with Gasteiger partial charge in [-0.15, -0.1) is 0 Å². The molecule has 1 unspecified atom stereocenters. The van der Waals surface area contributed by atoms with Crippen LogP contribution < -0.4 is 27.0 Å². The smallest absolute Gasteiger partial charge is 0.387 e. The van der Waals surface area contributed by atoms with Crippen LogP contribution in [-0.2, 0) is 31.9 Å². The van der Waals surface area contributed by atoms with E-state index in [2.05, 4.69) is 26.3 Å². The zero-order chi connectivity index (χ0) is 35.2. The number of carbonyl (C=O) groups excluding carboxylic acids is 5. The van der Waals surface area contributed by atoms with Crippen molar-refractivity contribution in [1.82, 2.24) is 20.5 Å². The molecule has 0 aliphatic carbocycles. The highest BCUT2D eigenvalue weighted by atomic mass is 32.1. The maximum atomic E-state index is 13.6. The zero-order valence-corrected chi connectivity index (χ0v) is 29.2. The number of alkyl carbamates (subject to hydrolysis) is 1. The number of nitrogens with one attached hydrogen (secondary N) is 4. The third kappa shape index (κ3) is 10.3. The quantitative estimate of drug-likeness (QED) is 0.230. The summed E-state index contributed by atoms with van der Waals surface area (Å²) in [6.45, 7) is 12.8. The van der Waals surface area contributed by atoms with Gasteiger partial charge in [-0.05, 0) is 64.2 Å². The number of thiazole rings is 1. The van der Waals surface area contributed by atoms with Gasteiger partial charge >= 0.3 is 18.1 Å². The molecular formula is C32H47N7O7S. The van der Waals surface area contributed by atoms with E-state index in [-0.39, 0.29) is 23.6 Å². The number of amides is 5. The Kier molecular flexibility index (Phi) is 11.8. The summed E-state index contributed by atoms with van der Waals surface area (Å²) in [7, 11) is 1.61. The van der Waals surface area contributed by atoms with E-state index in [1.165, 1.54) is 6.92 Å². The summed E-state index contributed by atoms with van der Waals surface area (Å²) in [5.41, 5.74) is 5.82. The number of ether oxygens (including phenoxy) is 2. The van der Waals surface area contributed by atoms with Gasteiger partial charge in [0.25, 0.3) is 5.91 Å². The second-order valence-corrected chi connectivity index (χ2v) is 14.5. The number of rotatable bonds is 10. The molecule has 0 bridgehead atoms. The Hall–Kier alpha value is -4.40. The zero-order valence-electron chi connectivity index (χ0n) is 28.4. The van der Waals surface area contributed by atoms with E-state index in [4.69, 9.17) is 15.2 Å². The Morgan fingerprint density at radius 2 is 1.60 bits per heavy atom. The van der Waals surface area contributed by atoms with Crippen molar-refractivity contribution in [1.29, 1.82) is 0 Å². The third-order valence-corrected chi connectivity index (χ3v) is 8.43. The highest BCUT2D eigenvalue weighted by Gasteiger charge is 2.50. The van der Waals surface area contributed by atoms with Gasteiger partial charge in [-0.1, -0.05) is 44.2 Å². The molecule has 1 fully saturated rings. The molecule has 1 aliphatic heterocycles. The van der Waals surface area contributed by atoms with Crippen molar-refractivity contribution < 1.29 is 33.4 Å². The Morgan fingerprint density at radius 3 is 2.11 bits per heavy atom. The molecule has 5 amide bonds. The fraction of sp³-hybridized carbons (Fsp3) is 0.562. The molecule has 0 saturated carbocycles. The van der Waals surface area contributed by atoms with Crippen LogP contribution in [0.5, 0.6) is 0 Å². The van der Waals surface area contributed by atoms with Crippen molar-refractivity contribution in [3.05, 3.63) is 40.4 Å². The van der Waals surface area contributed by atoms with Crippen LogP contribution in [0.3, 0.4) is 0 Å². The van der Waals surface area contributed by atoms with Gasteiger partial charge < -0.3 is 41.4 Å². The van der Waals surface area contributed by atoms with Gasteiger partial charge in [0, 0.05) is 44.2 Å². The Balaban J connectivity index is 1.78. The summed E-state index contributed by atoms with van der Waals surface area (Å²) < 4.78 is 11.1. The molecule has 0 spiro atoms. The molecule has 1 aliphatic rings. The van der Waals surface area contributed by atoms with E-state index < -0.39 is 29.1 Å². The molecule has 1 saturated heterocycles. The number of nitrogens with zero attached hydrogens (tertiary/aromatic N) is 2. The highest BCUT2D eigenvalue weighted by molar-refractivity contribution is 7.17. The number of likely N-dealkylation sites (tertiary alicyclic amines) is 1. The number of primary amides is 1. The highest BCUT2D eigenvalue weighted by Crippen LogP contribution is 2.37. The van der Waals surface area contributed by atoms with Gasteiger partial charge in [0.15, 0.2) is 5.13 Å². The lowest BCUT2D eigenvalue weighted by Crippen LogP contribution is -2.59. The van der Waals surface area contributed by atoms with Crippen molar-refractivity contribution in [3.8, 4) is 0 Å². The second kappa shape index (κ2) is 15.0. The molecule has 2 aromatic rings. The lowest BCUT2D eigenvalue weighted by atomic mass is 9.90. The number of aryl methyl sites for hydroxylation is 2. The summed E-state index contributed by atoms with van der Waals surface area (Å²) in [6, 6.07) is 7.19. The first kappa shape index (κ1) is 37.1. The number of piperidine rings is 1. The number of benzene rings is 1. The van der Waals surface area contributed by atoms with E-state index in [9.17, 15) is 24.0 Å². The molecule has 0 radical (unpaired) electrons. The maximum absolute atomic E-state index is 13.6. The van der Waals surface area contributed by atoms with Crippen LogP contribution in [0.4, 0.5) is 20.4 Å². The molecule has 14 nitrogen and oxygen atoms in total. The molecule has 6 N–H and O–H groups in total. The van der Waals surface area contributed by atoms with Crippen LogP contribution in [0.25, 0.3) is 0 Å². The predicted molar refractivity (Wildman–Crippen MR) is 179 cm³/mol. The summed E-state index contributed by atoms with van der Waals surface area (Å²) >= 11 is 1.14. The number of nitrogens with two attached hydrogens (primary N) is 1. The van der Waals surface area contributed by atoms with Gasteiger partial charge in [0.1, 0.15) is 4.88 Å². The second-order valence-electron chi connectivity index (χ2n) is 13.5. The van der Waals surface area contributed by atoms with Crippen LogP contribution in [-0.4, -0.2) is 71.4 Å². The van der Waals surface area contributed by atoms with E-state index in [0.29, 0.717) is 60.2 Å². The first-order valence-corrected chi connectivity index (χ1v) is 16.3. The minimum Gasteiger partial charge on any atom is -0.387 e. The number of anilines is 2. The van der Waals surface area contributed by atoms with Gasteiger partial charge in [0.05, 0.1) is 11.1 Å². The Labute approximate surface area is 279 Å². The lowest BCUT2D eigenvalue weighted by molar-refractivity contribution is -0.202. The fourth-order valence-corrected chi connectivity index (χ4v) is 5.99. The minimum atomic E-state index is -1.94. The average Bonchev–Trinajstić information content (AvgIpc) is 3.35.